The van der Waals surface area contributed by atoms with E-state index in [4.69, 9.17) is 0 Å². The quantitative estimate of drug-likeness (QED) is 0.704. The van der Waals surface area contributed by atoms with Crippen LogP contribution in [0.4, 0.5) is 5.69 Å². The lowest BCUT2D eigenvalue weighted by Gasteiger charge is -2.26. The lowest BCUT2D eigenvalue weighted by molar-refractivity contribution is 0.729. The largest absolute Gasteiger partial charge is 0.378 e. The molecule has 2 aromatic carbocycles. The average molecular weight is 280 g/mol. The molecule has 0 saturated carbocycles. The van der Waals surface area contributed by atoms with Crippen LogP contribution in [-0.4, -0.2) is 10.7 Å². The van der Waals surface area contributed by atoms with Gasteiger partial charge in [0.15, 0.2) is 0 Å². The zero-order valence-corrected chi connectivity index (χ0v) is 11.9. The van der Waals surface area contributed by atoms with E-state index in [9.17, 15) is 0 Å². The zero-order chi connectivity index (χ0) is 13.4. The van der Waals surface area contributed by atoms with Crippen LogP contribution in [0.2, 0.25) is 0 Å². The summed E-state index contributed by atoms with van der Waals surface area (Å²) in [5.41, 5.74) is 3.82. The Kier molecular flexibility index (Phi) is 2.92. The van der Waals surface area contributed by atoms with Crippen LogP contribution in [0.15, 0.2) is 59.6 Å². The first-order valence-electron chi connectivity index (χ1n) is 6.95. The first kappa shape index (κ1) is 11.9. The van der Waals surface area contributed by atoms with Crippen molar-refractivity contribution in [1.82, 2.24) is 4.98 Å². The number of aromatic nitrogens is 1. The highest BCUT2D eigenvalue weighted by atomic mass is 32.2. The van der Waals surface area contributed by atoms with Crippen LogP contribution >= 0.6 is 11.8 Å². The molecule has 2 heterocycles. The summed E-state index contributed by atoms with van der Waals surface area (Å²) >= 11 is 1.96. The fourth-order valence-corrected chi connectivity index (χ4v) is 3.96. The van der Waals surface area contributed by atoms with Gasteiger partial charge in [-0.15, -0.1) is 11.8 Å². The molecule has 0 aliphatic carbocycles. The number of benzene rings is 2. The van der Waals surface area contributed by atoms with Crippen LogP contribution in [0.3, 0.4) is 0 Å². The minimum absolute atomic E-state index is 0.420. The van der Waals surface area contributed by atoms with Gasteiger partial charge < -0.3 is 10.3 Å². The Bertz CT molecular complexity index is 747. The maximum Gasteiger partial charge on any atom is 0.0532 e. The number of thioether (sulfide) groups is 1. The number of aromatic amines is 1. The van der Waals surface area contributed by atoms with Gasteiger partial charge in [0.1, 0.15) is 0 Å². The van der Waals surface area contributed by atoms with Gasteiger partial charge in [0, 0.05) is 33.4 Å². The summed E-state index contributed by atoms with van der Waals surface area (Å²) in [4.78, 5) is 4.65. The molecule has 20 heavy (non-hydrogen) atoms. The van der Waals surface area contributed by atoms with Crippen LogP contribution in [0.25, 0.3) is 10.9 Å². The Labute approximate surface area is 122 Å². The third kappa shape index (κ3) is 2.08. The molecular formula is C17H16N2S. The highest BCUT2D eigenvalue weighted by Gasteiger charge is 2.19. The van der Waals surface area contributed by atoms with Crippen LogP contribution in [0, 0.1) is 0 Å². The molecule has 1 atom stereocenters. The predicted molar refractivity (Wildman–Crippen MR) is 86.4 cm³/mol. The minimum atomic E-state index is 0.420. The average Bonchev–Trinajstić information content (AvgIpc) is 2.95. The van der Waals surface area contributed by atoms with Crippen molar-refractivity contribution in [2.24, 2.45) is 0 Å². The number of H-pyrrole nitrogens is 1. The van der Waals surface area contributed by atoms with E-state index < -0.39 is 0 Å². The Morgan fingerprint density at radius 3 is 3.05 bits per heavy atom. The molecule has 0 radical (unpaired) electrons. The Hall–Kier alpha value is -1.87. The summed E-state index contributed by atoms with van der Waals surface area (Å²) in [6.07, 6.45) is 3.16. The molecule has 0 fully saturated rings. The van der Waals surface area contributed by atoms with Crippen molar-refractivity contribution in [2.75, 3.05) is 11.1 Å². The number of hydrogen-bond donors (Lipinski definition) is 2. The maximum atomic E-state index is 3.69. The molecule has 1 unspecified atom stereocenters. The summed E-state index contributed by atoms with van der Waals surface area (Å²) in [5, 5.41) is 4.95. The van der Waals surface area contributed by atoms with Crippen molar-refractivity contribution in [3.05, 3.63) is 60.3 Å². The monoisotopic (exact) mass is 280 g/mol. The van der Waals surface area contributed by atoms with E-state index in [1.165, 1.54) is 39.2 Å². The predicted octanol–water partition coefficient (Wildman–Crippen LogP) is 4.82. The van der Waals surface area contributed by atoms with Gasteiger partial charge in [-0.3, -0.25) is 0 Å². The molecule has 1 aromatic heterocycles. The topological polar surface area (TPSA) is 27.8 Å². The second-order valence-electron chi connectivity index (χ2n) is 5.15. The van der Waals surface area contributed by atoms with Crippen molar-refractivity contribution in [3.63, 3.8) is 0 Å². The van der Waals surface area contributed by atoms with Crippen LogP contribution in [-0.2, 0) is 0 Å². The summed E-state index contributed by atoms with van der Waals surface area (Å²) in [7, 11) is 0. The van der Waals surface area contributed by atoms with Gasteiger partial charge in [-0.25, -0.2) is 0 Å². The lowest BCUT2D eigenvalue weighted by atomic mass is 10.0. The summed E-state index contributed by atoms with van der Waals surface area (Å²) < 4.78 is 0. The highest BCUT2D eigenvalue weighted by Crippen LogP contribution is 2.37. The third-order valence-electron chi connectivity index (χ3n) is 3.85. The molecule has 0 bridgehead atoms. The number of nitrogens with one attached hydrogen (secondary N) is 2. The Morgan fingerprint density at radius 2 is 2.05 bits per heavy atom. The molecule has 0 spiro atoms. The van der Waals surface area contributed by atoms with E-state index in [1.807, 2.05) is 18.0 Å². The molecule has 3 heteroatoms. The zero-order valence-electron chi connectivity index (χ0n) is 11.1. The van der Waals surface area contributed by atoms with Crippen molar-refractivity contribution < 1.29 is 0 Å². The first-order valence-corrected chi connectivity index (χ1v) is 7.94. The van der Waals surface area contributed by atoms with Crippen LogP contribution in [0.5, 0.6) is 0 Å². The third-order valence-corrected chi connectivity index (χ3v) is 4.98. The van der Waals surface area contributed by atoms with E-state index in [1.54, 1.807) is 0 Å². The van der Waals surface area contributed by atoms with Crippen molar-refractivity contribution in [1.29, 1.82) is 0 Å². The molecular weight excluding hydrogens is 264 g/mol. The minimum Gasteiger partial charge on any atom is -0.378 e. The van der Waals surface area contributed by atoms with E-state index in [2.05, 4.69) is 58.8 Å². The molecule has 3 aromatic rings. The van der Waals surface area contributed by atoms with Gasteiger partial charge in [-0.05, 0) is 42.3 Å². The molecule has 4 rings (SSSR count). The Balaban J connectivity index is 1.66. The SMILES string of the molecule is c1ccc2c(c1)SCCC2Nc1ccc2[nH]ccc2c1. The van der Waals surface area contributed by atoms with Crippen molar-refractivity contribution in [3.8, 4) is 0 Å². The lowest BCUT2D eigenvalue weighted by Crippen LogP contribution is -2.15. The highest BCUT2D eigenvalue weighted by molar-refractivity contribution is 7.99. The standard InChI is InChI=1S/C17H16N2S/c1-2-4-17-14(3-1)16(8-10-20-17)19-13-5-6-15-12(11-13)7-9-18-15/h1-7,9,11,16,18-19H,8,10H2. The number of fused-ring (bicyclic) bond motifs is 2. The van der Waals surface area contributed by atoms with E-state index in [0.29, 0.717) is 6.04 Å². The normalized spacial score (nSPS) is 17.9. The molecule has 0 saturated heterocycles. The molecule has 0 amide bonds. The molecule has 2 nitrogen and oxygen atoms in total. The van der Waals surface area contributed by atoms with Gasteiger partial charge >= 0.3 is 0 Å². The van der Waals surface area contributed by atoms with E-state index in [-0.39, 0.29) is 0 Å². The van der Waals surface area contributed by atoms with Gasteiger partial charge in [0.05, 0.1) is 6.04 Å². The van der Waals surface area contributed by atoms with Crippen LogP contribution < -0.4 is 5.32 Å². The number of hydrogen-bond acceptors (Lipinski definition) is 2. The summed E-state index contributed by atoms with van der Waals surface area (Å²) in [6, 6.07) is 17.8. The van der Waals surface area contributed by atoms with Gasteiger partial charge in [-0.2, -0.15) is 0 Å². The van der Waals surface area contributed by atoms with E-state index in [0.717, 1.165) is 0 Å². The van der Waals surface area contributed by atoms with Crippen molar-refractivity contribution >= 4 is 28.4 Å². The summed E-state index contributed by atoms with van der Waals surface area (Å²) in [6.45, 7) is 0. The molecule has 1 aliphatic heterocycles. The van der Waals surface area contributed by atoms with Crippen LogP contribution in [0.1, 0.15) is 18.0 Å². The summed E-state index contributed by atoms with van der Waals surface area (Å²) in [5.74, 6) is 1.18. The van der Waals surface area contributed by atoms with Gasteiger partial charge in [-0.1, -0.05) is 18.2 Å². The number of rotatable bonds is 2. The molecule has 100 valence electrons. The Morgan fingerprint density at radius 1 is 1.10 bits per heavy atom. The van der Waals surface area contributed by atoms with Gasteiger partial charge in [0.2, 0.25) is 0 Å². The molecule has 1 aliphatic rings. The molecule has 2 N–H and O–H groups in total. The second-order valence-corrected chi connectivity index (χ2v) is 6.29. The fraction of sp³-hybridized carbons (Fsp3) is 0.176. The maximum absolute atomic E-state index is 3.69. The van der Waals surface area contributed by atoms with Gasteiger partial charge in [0.25, 0.3) is 0 Å². The fourth-order valence-electron chi connectivity index (χ4n) is 2.84. The first-order chi connectivity index (χ1) is 9.90. The van der Waals surface area contributed by atoms with E-state index >= 15 is 0 Å². The number of anilines is 1. The van der Waals surface area contributed by atoms with Crippen molar-refractivity contribution in [2.45, 2.75) is 17.4 Å². The smallest absolute Gasteiger partial charge is 0.0532 e. The second kappa shape index (κ2) is 4.91.